The molecular formula is C17H24N2OS. The number of anilines is 1. The maximum absolute atomic E-state index is 6.04. The summed E-state index contributed by atoms with van der Waals surface area (Å²) >= 11 is 1.65. The van der Waals surface area contributed by atoms with Crippen molar-refractivity contribution in [3.63, 3.8) is 0 Å². The summed E-state index contributed by atoms with van der Waals surface area (Å²) in [4.78, 5) is 5.46. The maximum Gasteiger partial charge on any atom is 0.182 e. The van der Waals surface area contributed by atoms with Crippen LogP contribution in [0.15, 0.2) is 24.4 Å². The lowest BCUT2D eigenvalue weighted by Gasteiger charge is -2.23. The van der Waals surface area contributed by atoms with Crippen LogP contribution in [-0.4, -0.2) is 11.5 Å². The number of nitrogens with zero attached hydrogens (tertiary/aromatic N) is 1. The average molecular weight is 304 g/mol. The predicted molar refractivity (Wildman–Crippen MR) is 90.5 cm³/mol. The Morgan fingerprint density at radius 1 is 1.29 bits per heavy atom. The van der Waals surface area contributed by atoms with Crippen molar-refractivity contribution in [3.8, 4) is 5.75 Å². The third-order valence-corrected chi connectivity index (χ3v) is 4.12. The largest absolute Gasteiger partial charge is 0.488 e. The minimum absolute atomic E-state index is 0.0734. The van der Waals surface area contributed by atoms with Gasteiger partial charge in [-0.2, -0.15) is 0 Å². The van der Waals surface area contributed by atoms with E-state index in [1.165, 1.54) is 11.1 Å². The van der Waals surface area contributed by atoms with E-state index in [0.29, 0.717) is 6.61 Å². The van der Waals surface area contributed by atoms with Crippen molar-refractivity contribution in [2.24, 2.45) is 0 Å². The summed E-state index contributed by atoms with van der Waals surface area (Å²) < 4.78 is 6.04. The Labute approximate surface area is 131 Å². The van der Waals surface area contributed by atoms with E-state index in [-0.39, 0.29) is 5.41 Å². The van der Waals surface area contributed by atoms with Gasteiger partial charge in [-0.25, -0.2) is 4.98 Å². The molecule has 3 nitrogen and oxygen atoms in total. The number of benzene rings is 1. The van der Waals surface area contributed by atoms with Crippen LogP contribution in [0.1, 0.15) is 43.7 Å². The van der Waals surface area contributed by atoms with E-state index < -0.39 is 0 Å². The Kier molecular flexibility index (Phi) is 4.88. The number of rotatable bonds is 5. The molecule has 1 aromatic carbocycles. The quantitative estimate of drug-likeness (QED) is 0.864. The van der Waals surface area contributed by atoms with Crippen molar-refractivity contribution in [1.82, 2.24) is 4.98 Å². The third-order valence-electron chi connectivity index (χ3n) is 3.19. The van der Waals surface area contributed by atoms with Crippen LogP contribution in [0, 0.1) is 6.92 Å². The highest BCUT2D eigenvalue weighted by atomic mass is 32.1. The van der Waals surface area contributed by atoms with Crippen molar-refractivity contribution in [3.05, 3.63) is 40.4 Å². The lowest BCUT2D eigenvalue weighted by atomic mass is 9.85. The molecule has 1 N–H and O–H groups in total. The summed E-state index contributed by atoms with van der Waals surface area (Å²) in [6, 6.07) is 6.38. The van der Waals surface area contributed by atoms with E-state index in [0.717, 1.165) is 22.3 Å². The van der Waals surface area contributed by atoms with E-state index in [2.05, 4.69) is 63.1 Å². The molecule has 21 heavy (non-hydrogen) atoms. The first-order valence-electron chi connectivity index (χ1n) is 7.32. The molecule has 0 bridgehead atoms. The van der Waals surface area contributed by atoms with Gasteiger partial charge in [-0.05, 0) is 30.9 Å². The van der Waals surface area contributed by atoms with Crippen LogP contribution in [0.5, 0.6) is 5.75 Å². The minimum Gasteiger partial charge on any atom is -0.488 e. The molecule has 2 aromatic rings. The minimum atomic E-state index is 0.0734. The number of aromatic nitrogens is 1. The van der Waals surface area contributed by atoms with Gasteiger partial charge in [0.05, 0.1) is 4.88 Å². The monoisotopic (exact) mass is 304 g/mol. The lowest BCUT2D eigenvalue weighted by molar-refractivity contribution is 0.300. The molecule has 4 heteroatoms. The van der Waals surface area contributed by atoms with Gasteiger partial charge < -0.3 is 10.1 Å². The molecule has 0 atom stereocenters. The molecule has 2 rings (SSSR count). The number of hydrogen-bond acceptors (Lipinski definition) is 4. The molecule has 0 amide bonds. The van der Waals surface area contributed by atoms with E-state index in [9.17, 15) is 0 Å². The molecule has 0 unspecified atom stereocenters. The van der Waals surface area contributed by atoms with Crippen LogP contribution >= 0.6 is 11.3 Å². The van der Waals surface area contributed by atoms with Gasteiger partial charge in [-0.15, -0.1) is 0 Å². The second-order valence-corrected chi connectivity index (χ2v) is 7.32. The highest BCUT2D eigenvalue weighted by Crippen LogP contribution is 2.33. The molecular weight excluding hydrogens is 280 g/mol. The number of thiazole rings is 1. The fraction of sp³-hybridized carbons (Fsp3) is 0.471. The number of ether oxygens (including phenoxy) is 1. The first-order valence-corrected chi connectivity index (χ1v) is 8.14. The molecule has 0 radical (unpaired) electrons. The van der Waals surface area contributed by atoms with Crippen LogP contribution < -0.4 is 10.1 Å². The predicted octanol–water partition coefficient (Wildman–Crippen LogP) is 4.76. The standard InChI is InChI=1S/C17H24N2OS/c1-6-18-16-19-10-13(21-16)11-20-15-8-7-12(2)9-14(15)17(3,4)5/h7-10H,6,11H2,1-5H3,(H,18,19). The number of nitrogens with one attached hydrogen (secondary N) is 1. The zero-order chi connectivity index (χ0) is 15.5. The summed E-state index contributed by atoms with van der Waals surface area (Å²) in [5.74, 6) is 0.964. The Balaban J connectivity index is 2.12. The summed E-state index contributed by atoms with van der Waals surface area (Å²) in [7, 11) is 0. The highest BCUT2D eigenvalue weighted by Gasteiger charge is 2.19. The van der Waals surface area contributed by atoms with Crippen molar-refractivity contribution in [2.45, 2.75) is 46.6 Å². The topological polar surface area (TPSA) is 34.2 Å². The summed E-state index contributed by atoms with van der Waals surface area (Å²) in [5, 5.41) is 4.18. The van der Waals surface area contributed by atoms with Gasteiger partial charge in [0.2, 0.25) is 0 Å². The van der Waals surface area contributed by atoms with Crippen LogP contribution in [-0.2, 0) is 12.0 Å². The Bertz CT molecular complexity index is 599. The Morgan fingerprint density at radius 3 is 2.71 bits per heavy atom. The number of aryl methyl sites for hydroxylation is 1. The second-order valence-electron chi connectivity index (χ2n) is 6.20. The highest BCUT2D eigenvalue weighted by molar-refractivity contribution is 7.15. The molecule has 0 fully saturated rings. The van der Waals surface area contributed by atoms with Gasteiger partial charge in [0.25, 0.3) is 0 Å². The van der Waals surface area contributed by atoms with Gasteiger partial charge in [0, 0.05) is 12.7 Å². The van der Waals surface area contributed by atoms with E-state index in [4.69, 9.17) is 4.74 Å². The van der Waals surface area contributed by atoms with Crippen LogP contribution in [0.2, 0.25) is 0 Å². The Morgan fingerprint density at radius 2 is 2.05 bits per heavy atom. The van der Waals surface area contributed by atoms with Crippen molar-refractivity contribution < 1.29 is 4.74 Å². The molecule has 0 aliphatic carbocycles. The normalized spacial score (nSPS) is 11.5. The zero-order valence-electron chi connectivity index (χ0n) is 13.5. The molecule has 0 saturated carbocycles. The van der Waals surface area contributed by atoms with Crippen LogP contribution in [0.4, 0.5) is 5.13 Å². The van der Waals surface area contributed by atoms with Gasteiger partial charge in [-0.1, -0.05) is 49.8 Å². The molecule has 0 aliphatic rings. The smallest absolute Gasteiger partial charge is 0.182 e. The molecule has 0 aliphatic heterocycles. The van der Waals surface area contributed by atoms with E-state index in [1.54, 1.807) is 11.3 Å². The first-order chi connectivity index (χ1) is 9.90. The van der Waals surface area contributed by atoms with E-state index in [1.807, 2.05) is 6.20 Å². The van der Waals surface area contributed by atoms with Crippen LogP contribution in [0.25, 0.3) is 0 Å². The van der Waals surface area contributed by atoms with Gasteiger partial charge in [0.15, 0.2) is 5.13 Å². The zero-order valence-corrected chi connectivity index (χ0v) is 14.3. The molecule has 0 saturated heterocycles. The van der Waals surface area contributed by atoms with E-state index >= 15 is 0 Å². The van der Waals surface area contributed by atoms with Crippen molar-refractivity contribution in [2.75, 3.05) is 11.9 Å². The van der Waals surface area contributed by atoms with Gasteiger partial charge in [-0.3, -0.25) is 0 Å². The van der Waals surface area contributed by atoms with Crippen LogP contribution in [0.3, 0.4) is 0 Å². The molecule has 0 spiro atoms. The summed E-state index contributed by atoms with van der Waals surface area (Å²) in [5.41, 5.74) is 2.59. The average Bonchev–Trinajstić information content (AvgIpc) is 2.84. The van der Waals surface area contributed by atoms with Crippen molar-refractivity contribution >= 4 is 16.5 Å². The summed E-state index contributed by atoms with van der Waals surface area (Å²) in [6.45, 7) is 12.3. The SMILES string of the molecule is CCNc1ncc(COc2ccc(C)cc2C(C)(C)C)s1. The maximum atomic E-state index is 6.04. The fourth-order valence-corrected chi connectivity index (χ4v) is 2.91. The Hall–Kier alpha value is -1.55. The fourth-order valence-electron chi connectivity index (χ4n) is 2.11. The summed E-state index contributed by atoms with van der Waals surface area (Å²) in [6.07, 6.45) is 1.88. The van der Waals surface area contributed by atoms with Gasteiger partial charge in [0.1, 0.15) is 12.4 Å². The lowest BCUT2D eigenvalue weighted by Crippen LogP contribution is -2.13. The second kappa shape index (κ2) is 6.48. The molecule has 114 valence electrons. The van der Waals surface area contributed by atoms with Gasteiger partial charge >= 0.3 is 0 Å². The first kappa shape index (κ1) is 15.8. The number of hydrogen-bond donors (Lipinski definition) is 1. The molecule has 1 aromatic heterocycles. The molecule has 1 heterocycles. The van der Waals surface area contributed by atoms with Crippen molar-refractivity contribution in [1.29, 1.82) is 0 Å². The third kappa shape index (κ3) is 4.21.